The van der Waals surface area contributed by atoms with Crippen molar-refractivity contribution in [1.82, 2.24) is 19.4 Å². The molecule has 1 aromatic heterocycles. The second-order valence-corrected chi connectivity index (χ2v) is 10.2. The van der Waals surface area contributed by atoms with Gasteiger partial charge in [-0.1, -0.05) is 43.2 Å². The van der Waals surface area contributed by atoms with Gasteiger partial charge >= 0.3 is 0 Å². The first-order valence-corrected chi connectivity index (χ1v) is 13.0. The molecule has 0 unspecified atom stereocenters. The number of nitrogens with zero attached hydrogens (tertiary/aromatic N) is 4. The molecular weight excluding hydrogens is 462 g/mol. The molecular formula is C26H27N5O3S. The minimum atomic E-state index is -3.65. The molecule has 1 saturated heterocycles. The number of hydrogen-bond acceptors (Lipinski definition) is 5. The van der Waals surface area contributed by atoms with Gasteiger partial charge in [0.15, 0.2) is 0 Å². The molecule has 0 radical (unpaired) electrons. The summed E-state index contributed by atoms with van der Waals surface area (Å²) in [5.41, 5.74) is 2.29. The van der Waals surface area contributed by atoms with Gasteiger partial charge < -0.3 is 5.32 Å². The predicted octanol–water partition coefficient (Wildman–Crippen LogP) is 3.76. The highest BCUT2D eigenvalue weighted by Crippen LogP contribution is 2.29. The molecule has 2 aromatic carbocycles. The van der Waals surface area contributed by atoms with Crippen LogP contribution >= 0.6 is 0 Å². The Hall–Kier alpha value is -3.74. The van der Waals surface area contributed by atoms with Crippen molar-refractivity contribution in [3.8, 4) is 23.0 Å². The van der Waals surface area contributed by atoms with Crippen LogP contribution in [0.4, 0.5) is 0 Å². The van der Waals surface area contributed by atoms with Crippen LogP contribution in [-0.4, -0.2) is 48.5 Å². The van der Waals surface area contributed by atoms with Crippen LogP contribution in [0.2, 0.25) is 0 Å². The van der Waals surface area contributed by atoms with Crippen LogP contribution in [0.1, 0.15) is 31.2 Å². The predicted molar refractivity (Wildman–Crippen MR) is 134 cm³/mol. The molecule has 0 bridgehead atoms. The summed E-state index contributed by atoms with van der Waals surface area (Å²) in [6, 6.07) is 18.0. The minimum absolute atomic E-state index is 0.0743. The number of likely N-dealkylation sites (N-methyl/N-ethyl adjacent to an activating group) is 1. The van der Waals surface area contributed by atoms with Gasteiger partial charge in [-0.05, 0) is 43.2 Å². The second kappa shape index (κ2) is 10.7. The average Bonchev–Trinajstić information content (AvgIpc) is 3.11. The van der Waals surface area contributed by atoms with Gasteiger partial charge in [0.25, 0.3) is 5.91 Å². The SMILES string of the molecule is CNC(=O)/C(C#N)=C/c1cn(-c2ccccc2)nc1-c1cccc(S(=O)(=O)N2CCCCCC2)c1. The van der Waals surface area contributed by atoms with Gasteiger partial charge in [-0.25, -0.2) is 13.1 Å². The summed E-state index contributed by atoms with van der Waals surface area (Å²) in [6.07, 6.45) is 6.96. The third kappa shape index (κ3) is 5.34. The smallest absolute Gasteiger partial charge is 0.261 e. The molecule has 2 heterocycles. The molecule has 0 aliphatic carbocycles. The fraction of sp³-hybridized carbons (Fsp3) is 0.269. The highest BCUT2D eigenvalue weighted by molar-refractivity contribution is 7.89. The quantitative estimate of drug-likeness (QED) is 0.419. The summed E-state index contributed by atoms with van der Waals surface area (Å²) in [7, 11) is -2.19. The first kappa shape index (κ1) is 24.4. The molecule has 0 spiro atoms. The van der Waals surface area contributed by atoms with Crippen LogP contribution in [0.3, 0.4) is 0 Å². The summed E-state index contributed by atoms with van der Waals surface area (Å²) in [5, 5.41) is 16.7. The van der Waals surface area contributed by atoms with Crippen LogP contribution in [-0.2, 0) is 14.8 Å². The Morgan fingerprint density at radius 3 is 2.43 bits per heavy atom. The molecule has 1 aliphatic rings. The lowest BCUT2D eigenvalue weighted by Gasteiger charge is -2.20. The summed E-state index contributed by atoms with van der Waals surface area (Å²) in [6.45, 7) is 1.03. The highest BCUT2D eigenvalue weighted by Gasteiger charge is 2.26. The zero-order valence-corrected chi connectivity index (χ0v) is 20.3. The van der Waals surface area contributed by atoms with E-state index in [9.17, 15) is 18.5 Å². The highest BCUT2D eigenvalue weighted by atomic mass is 32.2. The van der Waals surface area contributed by atoms with Gasteiger partial charge in [-0.2, -0.15) is 14.7 Å². The number of nitriles is 1. The van der Waals surface area contributed by atoms with Crippen LogP contribution < -0.4 is 5.32 Å². The molecule has 1 amide bonds. The fourth-order valence-corrected chi connectivity index (χ4v) is 5.67. The number of nitrogens with one attached hydrogen (secondary N) is 1. The van der Waals surface area contributed by atoms with Gasteiger partial charge in [0, 0.05) is 37.5 Å². The van der Waals surface area contributed by atoms with E-state index < -0.39 is 15.9 Å². The maximum Gasteiger partial charge on any atom is 0.261 e. The Morgan fingerprint density at radius 2 is 1.77 bits per heavy atom. The van der Waals surface area contributed by atoms with E-state index >= 15 is 0 Å². The zero-order valence-electron chi connectivity index (χ0n) is 19.5. The maximum absolute atomic E-state index is 13.4. The van der Waals surface area contributed by atoms with Crippen LogP contribution in [0.15, 0.2) is 71.3 Å². The summed E-state index contributed by atoms with van der Waals surface area (Å²) < 4.78 is 30.0. The molecule has 0 saturated carbocycles. The maximum atomic E-state index is 13.4. The number of carbonyl (C=O) groups excluding carboxylic acids is 1. The largest absolute Gasteiger partial charge is 0.354 e. The Labute approximate surface area is 205 Å². The van der Waals surface area contributed by atoms with Crippen molar-refractivity contribution >= 4 is 22.0 Å². The molecule has 0 atom stereocenters. The lowest BCUT2D eigenvalue weighted by Crippen LogP contribution is -2.31. The van der Waals surface area contributed by atoms with Crippen molar-refractivity contribution in [3.05, 3.63) is 71.9 Å². The summed E-state index contributed by atoms with van der Waals surface area (Å²) in [4.78, 5) is 12.3. The molecule has 1 aliphatic heterocycles. The lowest BCUT2D eigenvalue weighted by molar-refractivity contribution is -0.116. The topological polar surface area (TPSA) is 108 Å². The van der Waals surface area contributed by atoms with Crippen LogP contribution in [0.5, 0.6) is 0 Å². The molecule has 180 valence electrons. The van der Waals surface area contributed by atoms with E-state index in [1.807, 2.05) is 36.4 Å². The lowest BCUT2D eigenvalue weighted by atomic mass is 10.1. The number of rotatable bonds is 6. The zero-order chi connectivity index (χ0) is 24.8. The Kier molecular flexibility index (Phi) is 7.44. The second-order valence-electron chi connectivity index (χ2n) is 8.31. The third-order valence-corrected chi connectivity index (χ3v) is 7.86. The normalized spacial score (nSPS) is 15.3. The van der Waals surface area contributed by atoms with Crippen molar-refractivity contribution in [2.24, 2.45) is 0 Å². The van der Waals surface area contributed by atoms with Gasteiger partial charge in [-0.15, -0.1) is 0 Å². The van der Waals surface area contributed by atoms with E-state index in [1.54, 1.807) is 39.4 Å². The third-order valence-electron chi connectivity index (χ3n) is 5.97. The Bertz CT molecular complexity index is 1380. The van der Waals surface area contributed by atoms with Crippen molar-refractivity contribution in [3.63, 3.8) is 0 Å². The number of carbonyl (C=O) groups is 1. The minimum Gasteiger partial charge on any atom is -0.354 e. The van der Waals surface area contributed by atoms with Gasteiger partial charge in [0.2, 0.25) is 10.0 Å². The van der Waals surface area contributed by atoms with Crippen molar-refractivity contribution in [1.29, 1.82) is 5.26 Å². The first-order chi connectivity index (χ1) is 16.9. The van der Waals surface area contributed by atoms with E-state index in [0.717, 1.165) is 31.4 Å². The molecule has 4 rings (SSSR count). The molecule has 35 heavy (non-hydrogen) atoms. The van der Waals surface area contributed by atoms with Gasteiger partial charge in [-0.3, -0.25) is 4.79 Å². The number of para-hydroxylation sites is 1. The Balaban J connectivity index is 1.82. The molecule has 9 heteroatoms. The number of sulfonamides is 1. The molecule has 1 N–H and O–H groups in total. The number of benzene rings is 2. The van der Waals surface area contributed by atoms with E-state index in [2.05, 4.69) is 5.32 Å². The van der Waals surface area contributed by atoms with Crippen molar-refractivity contribution in [2.45, 2.75) is 30.6 Å². The Morgan fingerprint density at radius 1 is 1.06 bits per heavy atom. The van der Waals surface area contributed by atoms with E-state index in [-0.39, 0.29) is 10.5 Å². The molecule has 3 aromatic rings. The fourth-order valence-electron chi connectivity index (χ4n) is 4.10. The number of amides is 1. The number of aromatic nitrogens is 2. The average molecular weight is 490 g/mol. The summed E-state index contributed by atoms with van der Waals surface area (Å²) >= 11 is 0. The first-order valence-electron chi connectivity index (χ1n) is 11.5. The molecule has 1 fully saturated rings. The van der Waals surface area contributed by atoms with E-state index in [1.165, 1.54) is 13.1 Å². The monoisotopic (exact) mass is 489 g/mol. The van der Waals surface area contributed by atoms with E-state index in [4.69, 9.17) is 5.10 Å². The standard InChI is InChI=1S/C26H27N5O3S/c1-28-26(32)21(18-27)16-22-19-31(23-11-5-4-6-12-23)29-25(22)20-10-9-13-24(17-20)35(33,34)30-14-7-2-3-8-15-30/h4-6,9-13,16-17,19H,2-3,7-8,14-15H2,1H3,(H,28,32)/b21-16+. The number of hydrogen-bond donors (Lipinski definition) is 1. The van der Waals surface area contributed by atoms with Crippen molar-refractivity contribution < 1.29 is 13.2 Å². The van der Waals surface area contributed by atoms with Gasteiger partial charge in [0.1, 0.15) is 17.3 Å². The van der Waals surface area contributed by atoms with Crippen LogP contribution in [0.25, 0.3) is 23.0 Å². The van der Waals surface area contributed by atoms with E-state index in [0.29, 0.717) is 29.9 Å². The van der Waals surface area contributed by atoms with Crippen molar-refractivity contribution in [2.75, 3.05) is 20.1 Å². The van der Waals surface area contributed by atoms with Crippen LogP contribution in [0, 0.1) is 11.3 Å². The van der Waals surface area contributed by atoms with Gasteiger partial charge in [0.05, 0.1) is 10.6 Å². The summed E-state index contributed by atoms with van der Waals surface area (Å²) in [5.74, 6) is -0.511. The molecule has 8 nitrogen and oxygen atoms in total.